The Labute approximate surface area is 100.0 Å². The van der Waals surface area contributed by atoms with Crippen LogP contribution in [0.3, 0.4) is 0 Å². The molecular weight excluding hydrogens is 202 g/mol. The molecule has 0 saturated carbocycles. The van der Waals surface area contributed by atoms with Gasteiger partial charge < -0.3 is 15.1 Å². The lowest BCUT2D eigenvalue weighted by molar-refractivity contribution is -0.136. The first-order valence-corrected chi connectivity index (χ1v) is 5.85. The highest BCUT2D eigenvalue weighted by Gasteiger charge is 2.30. The maximum absolute atomic E-state index is 12.2. The standard InChI is InChI=1S/C12H27N3O/c1-10(2)13-12(3,4)11(16)15(7)9-8-14(5)6/h10,13H,8-9H2,1-7H3. The van der Waals surface area contributed by atoms with Crippen molar-refractivity contribution in [3.63, 3.8) is 0 Å². The minimum atomic E-state index is -0.491. The van der Waals surface area contributed by atoms with E-state index >= 15 is 0 Å². The Hall–Kier alpha value is -0.610. The zero-order valence-electron chi connectivity index (χ0n) is 11.8. The van der Waals surface area contributed by atoms with Crippen LogP contribution in [0.1, 0.15) is 27.7 Å². The summed E-state index contributed by atoms with van der Waals surface area (Å²) < 4.78 is 0. The predicted octanol–water partition coefficient (Wildman–Crippen LogP) is 0.783. The summed E-state index contributed by atoms with van der Waals surface area (Å²) in [6.07, 6.45) is 0. The van der Waals surface area contributed by atoms with Crippen LogP contribution >= 0.6 is 0 Å². The third kappa shape index (κ3) is 5.47. The van der Waals surface area contributed by atoms with Gasteiger partial charge >= 0.3 is 0 Å². The van der Waals surface area contributed by atoms with E-state index < -0.39 is 5.54 Å². The van der Waals surface area contributed by atoms with Gasteiger partial charge in [-0.25, -0.2) is 0 Å². The van der Waals surface area contributed by atoms with E-state index in [-0.39, 0.29) is 5.91 Å². The van der Waals surface area contributed by atoms with Gasteiger partial charge in [0.25, 0.3) is 0 Å². The summed E-state index contributed by atoms with van der Waals surface area (Å²) in [6.45, 7) is 9.61. The molecule has 0 aromatic carbocycles. The zero-order valence-corrected chi connectivity index (χ0v) is 11.8. The number of carbonyl (C=O) groups excluding carboxylic acids is 1. The van der Waals surface area contributed by atoms with E-state index in [2.05, 4.69) is 24.1 Å². The van der Waals surface area contributed by atoms with E-state index in [0.717, 1.165) is 13.1 Å². The molecule has 0 aliphatic carbocycles. The first-order chi connectivity index (χ1) is 7.16. The largest absolute Gasteiger partial charge is 0.343 e. The van der Waals surface area contributed by atoms with Crippen molar-refractivity contribution in [3.05, 3.63) is 0 Å². The quantitative estimate of drug-likeness (QED) is 0.731. The minimum absolute atomic E-state index is 0.142. The maximum atomic E-state index is 12.2. The molecule has 0 saturated heterocycles. The fourth-order valence-corrected chi connectivity index (χ4v) is 1.71. The summed E-state index contributed by atoms with van der Waals surface area (Å²) in [5.41, 5.74) is -0.491. The number of rotatable bonds is 6. The highest BCUT2D eigenvalue weighted by molar-refractivity contribution is 5.85. The lowest BCUT2D eigenvalue weighted by Gasteiger charge is -2.32. The molecule has 0 aromatic rings. The van der Waals surface area contributed by atoms with Gasteiger partial charge in [-0.05, 0) is 41.8 Å². The number of nitrogens with zero attached hydrogens (tertiary/aromatic N) is 2. The first kappa shape index (κ1) is 15.4. The highest BCUT2D eigenvalue weighted by atomic mass is 16.2. The minimum Gasteiger partial charge on any atom is -0.343 e. The number of carbonyl (C=O) groups is 1. The second-order valence-electron chi connectivity index (χ2n) is 5.45. The highest BCUT2D eigenvalue weighted by Crippen LogP contribution is 2.08. The van der Waals surface area contributed by atoms with Gasteiger partial charge in [0.1, 0.15) is 0 Å². The summed E-state index contributed by atoms with van der Waals surface area (Å²) in [5, 5.41) is 3.28. The molecule has 0 bridgehead atoms. The maximum Gasteiger partial charge on any atom is 0.242 e. The third-order valence-corrected chi connectivity index (χ3v) is 2.41. The van der Waals surface area contributed by atoms with Crippen molar-refractivity contribution < 1.29 is 4.79 Å². The van der Waals surface area contributed by atoms with Gasteiger partial charge in [0.2, 0.25) is 5.91 Å². The first-order valence-electron chi connectivity index (χ1n) is 5.85. The van der Waals surface area contributed by atoms with Gasteiger partial charge in [-0.3, -0.25) is 4.79 Å². The van der Waals surface area contributed by atoms with Crippen LogP contribution in [0.4, 0.5) is 0 Å². The molecule has 0 rings (SSSR count). The van der Waals surface area contributed by atoms with Crippen LogP contribution in [-0.4, -0.2) is 61.5 Å². The lowest BCUT2D eigenvalue weighted by atomic mass is 10.0. The molecule has 4 nitrogen and oxygen atoms in total. The summed E-state index contributed by atoms with van der Waals surface area (Å²) >= 11 is 0. The lowest BCUT2D eigenvalue weighted by Crippen LogP contribution is -2.55. The topological polar surface area (TPSA) is 35.6 Å². The van der Waals surface area contributed by atoms with E-state index in [0.29, 0.717) is 6.04 Å². The van der Waals surface area contributed by atoms with E-state index in [9.17, 15) is 4.79 Å². The summed E-state index contributed by atoms with van der Waals surface area (Å²) in [6, 6.07) is 0.307. The van der Waals surface area contributed by atoms with Crippen molar-refractivity contribution in [3.8, 4) is 0 Å². The molecular formula is C12H27N3O. The fourth-order valence-electron chi connectivity index (χ4n) is 1.71. The van der Waals surface area contributed by atoms with Crippen molar-refractivity contribution >= 4 is 5.91 Å². The van der Waals surface area contributed by atoms with Crippen molar-refractivity contribution in [2.24, 2.45) is 0 Å². The van der Waals surface area contributed by atoms with Gasteiger partial charge in [-0.1, -0.05) is 0 Å². The summed E-state index contributed by atoms with van der Waals surface area (Å²) in [5.74, 6) is 0.142. The number of hydrogen-bond donors (Lipinski definition) is 1. The molecule has 0 aliphatic heterocycles. The molecule has 16 heavy (non-hydrogen) atoms. The average molecular weight is 229 g/mol. The molecule has 0 heterocycles. The monoisotopic (exact) mass is 229 g/mol. The molecule has 4 heteroatoms. The number of nitrogens with one attached hydrogen (secondary N) is 1. The van der Waals surface area contributed by atoms with Crippen LogP contribution in [-0.2, 0) is 4.79 Å². The molecule has 0 atom stereocenters. The summed E-state index contributed by atoms with van der Waals surface area (Å²) in [4.78, 5) is 16.0. The fraction of sp³-hybridized carbons (Fsp3) is 0.917. The smallest absolute Gasteiger partial charge is 0.242 e. The molecule has 0 unspecified atom stereocenters. The van der Waals surface area contributed by atoms with Gasteiger partial charge in [-0.15, -0.1) is 0 Å². The van der Waals surface area contributed by atoms with Gasteiger partial charge in [0.05, 0.1) is 5.54 Å². The van der Waals surface area contributed by atoms with Gasteiger partial charge in [-0.2, -0.15) is 0 Å². The number of likely N-dealkylation sites (N-methyl/N-ethyl adjacent to an activating group) is 2. The molecule has 0 spiro atoms. The van der Waals surface area contributed by atoms with Crippen molar-refractivity contribution in [2.75, 3.05) is 34.2 Å². The Balaban J connectivity index is 4.30. The predicted molar refractivity (Wildman–Crippen MR) is 68.5 cm³/mol. The molecule has 0 aromatic heterocycles. The van der Waals surface area contributed by atoms with E-state index in [1.807, 2.05) is 35.0 Å². The molecule has 1 amide bonds. The van der Waals surface area contributed by atoms with Crippen molar-refractivity contribution in [2.45, 2.75) is 39.3 Å². The van der Waals surface area contributed by atoms with Crippen LogP contribution in [0.2, 0.25) is 0 Å². The van der Waals surface area contributed by atoms with Crippen molar-refractivity contribution in [1.29, 1.82) is 0 Å². The van der Waals surface area contributed by atoms with E-state index in [1.54, 1.807) is 4.90 Å². The van der Waals surface area contributed by atoms with Crippen LogP contribution < -0.4 is 5.32 Å². The summed E-state index contributed by atoms with van der Waals surface area (Å²) in [7, 11) is 5.88. The van der Waals surface area contributed by atoms with Gasteiger partial charge in [0.15, 0.2) is 0 Å². The Kier molecular flexibility index (Phi) is 5.97. The Bertz CT molecular complexity index is 224. The molecule has 96 valence electrons. The molecule has 0 fully saturated rings. The SMILES string of the molecule is CC(C)NC(C)(C)C(=O)N(C)CCN(C)C. The molecule has 0 aliphatic rings. The third-order valence-electron chi connectivity index (χ3n) is 2.41. The van der Waals surface area contributed by atoms with E-state index in [1.165, 1.54) is 0 Å². The zero-order chi connectivity index (χ0) is 12.9. The van der Waals surface area contributed by atoms with Crippen molar-refractivity contribution in [1.82, 2.24) is 15.1 Å². The van der Waals surface area contributed by atoms with Crippen LogP contribution in [0.5, 0.6) is 0 Å². The normalized spacial score (nSPS) is 12.3. The Morgan fingerprint density at radius 2 is 1.69 bits per heavy atom. The van der Waals surface area contributed by atoms with Crippen LogP contribution in [0.25, 0.3) is 0 Å². The van der Waals surface area contributed by atoms with Crippen LogP contribution in [0, 0.1) is 0 Å². The number of amides is 1. The number of hydrogen-bond acceptors (Lipinski definition) is 3. The molecule has 0 radical (unpaired) electrons. The van der Waals surface area contributed by atoms with E-state index in [4.69, 9.17) is 0 Å². The second-order valence-corrected chi connectivity index (χ2v) is 5.45. The second kappa shape index (κ2) is 6.21. The van der Waals surface area contributed by atoms with Gasteiger partial charge in [0, 0.05) is 26.2 Å². The van der Waals surface area contributed by atoms with Crippen LogP contribution in [0.15, 0.2) is 0 Å². The Morgan fingerprint density at radius 1 is 1.19 bits per heavy atom. The Morgan fingerprint density at radius 3 is 2.06 bits per heavy atom. The average Bonchev–Trinajstić information content (AvgIpc) is 2.10. The molecule has 1 N–H and O–H groups in total.